The van der Waals surface area contributed by atoms with E-state index in [1.54, 1.807) is 76.2 Å². The van der Waals surface area contributed by atoms with Gasteiger partial charge >= 0.3 is 29.8 Å². The molecule has 0 fully saturated rings. The molecule has 2 aromatic rings. The summed E-state index contributed by atoms with van der Waals surface area (Å²) in [6, 6.07) is 11.2. The van der Waals surface area contributed by atoms with E-state index in [-0.39, 0.29) is 25.4 Å². The third kappa shape index (κ3) is 17.5. The predicted octanol–water partition coefficient (Wildman–Crippen LogP) is 6.07. The number of hydrogen-bond donors (Lipinski definition) is 3. The van der Waals surface area contributed by atoms with Crippen molar-refractivity contribution >= 4 is 53.4 Å². The fraction of sp³-hybridized carbons (Fsp3) is 0.588. The van der Waals surface area contributed by atoms with Gasteiger partial charge in [-0.3, -0.25) is 38.4 Å². The number of amides is 3. The smallest absolute Gasteiger partial charge is 0.326 e. The van der Waals surface area contributed by atoms with Crippen LogP contribution in [0.3, 0.4) is 0 Å². The highest BCUT2D eigenvalue weighted by molar-refractivity contribution is 5.97. The summed E-state index contributed by atoms with van der Waals surface area (Å²) in [7, 11) is 1.21. The molecule has 1 aliphatic carbocycles. The average Bonchev–Trinajstić information content (AvgIpc) is 3.53. The molecule has 0 radical (unpaired) electrons. The van der Waals surface area contributed by atoms with E-state index in [9.17, 15) is 48.3 Å². The van der Waals surface area contributed by atoms with Crippen LogP contribution in [0, 0.1) is 17.8 Å². The summed E-state index contributed by atoms with van der Waals surface area (Å²) >= 11 is 0. The zero-order chi connectivity index (χ0) is 51.5. The van der Waals surface area contributed by atoms with Gasteiger partial charge in [-0.15, -0.1) is 0 Å². The van der Waals surface area contributed by atoms with Crippen molar-refractivity contribution in [1.82, 2.24) is 15.5 Å². The third-order valence-electron chi connectivity index (χ3n) is 11.0. The number of carboxylic acids is 1. The number of carbonyl (C=O) groups excluding carboxylic acids is 8. The number of Topliss-reactive ketones (excluding diaryl/α,β-unsaturated/α-hetero) is 1. The SMILES string of the molecule is CC(C)[C@H](CC(=O)[C@H](CCC(=O)OC(C)(C)C)NC(=O)[C@H](CC(=O)OCC1c2ccccc2-c2ccccc21)CC(=O)OC(C)(C)C)C(=O)N[C@H](CC(=O)OC(C)(C)C)C(=O)N(C)[C@@H](C)C(=O)O. The summed E-state index contributed by atoms with van der Waals surface area (Å²) in [6.45, 7) is 19.2. The highest BCUT2D eigenvalue weighted by Gasteiger charge is 2.38. The molecular weight excluding hydrogens is 879 g/mol. The number of rotatable bonds is 22. The molecule has 3 N–H and O–H groups in total. The molecule has 17 heteroatoms. The normalized spacial score (nSPS) is 14.7. The van der Waals surface area contributed by atoms with Gasteiger partial charge in [0.15, 0.2) is 5.78 Å². The molecule has 0 unspecified atom stereocenters. The second-order valence-electron chi connectivity index (χ2n) is 20.6. The first-order valence-corrected chi connectivity index (χ1v) is 23.0. The van der Waals surface area contributed by atoms with Gasteiger partial charge in [-0.2, -0.15) is 0 Å². The summed E-state index contributed by atoms with van der Waals surface area (Å²) < 4.78 is 22.2. The van der Waals surface area contributed by atoms with Gasteiger partial charge < -0.3 is 39.6 Å². The van der Waals surface area contributed by atoms with Gasteiger partial charge in [0.1, 0.15) is 35.5 Å². The number of ether oxygens (including phenoxy) is 4. The highest BCUT2D eigenvalue weighted by atomic mass is 16.6. The fourth-order valence-corrected chi connectivity index (χ4v) is 7.60. The lowest BCUT2D eigenvalue weighted by Gasteiger charge is -2.30. The number of nitrogens with zero attached hydrogens (tertiary/aromatic N) is 1. The van der Waals surface area contributed by atoms with Crippen LogP contribution in [0.25, 0.3) is 11.1 Å². The maximum absolute atomic E-state index is 14.4. The predicted molar refractivity (Wildman–Crippen MR) is 250 cm³/mol. The number of benzene rings is 2. The Hall–Kier alpha value is -6.13. The number of hydrogen-bond acceptors (Lipinski definition) is 13. The molecule has 0 heterocycles. The Bertz CT molecular complexity index is 2130. The molecule has 17 nitrogen and oxygen atoms in total. The molecule has 0 aliphatic heterocycles. The number of likely N-dealkylation sites (N-methyl/N-ethyl adjacent to an activating group) is 1. The first-order chi connectivity index (χ1) is 31.4. The van der Waals surface area contributed by atoms with Crippen LogP contribution >= 0.6 is 0 Å². The molecular formula is C51H71N3O14. The lowest BCUT2D eigenvalue weighted by Crippen LogP contribution is -2.54. The first kappa shape index (κ1) is 56.2. The maximum atomic E-state index is 14.4. The Morgan fingerprint density at radius 1 is 0.618 bits per heavy atom. The van der Waals surface area contributed by atoms with Crippen molar-refractivity contribution in [3.63, 3.8) is 0 Å². The number of ketones is 1. The molecule has 1 aliphatic rings. The van der Waals surface area contributed by atoms with Crippen molar-refractivity contribution in [2.45, 2.75) is 162 Å². The number of aliphatic carboxylic acids is 1. The largest absolute Gasteiger partial charge is 0.480 e. The van der Waals surface area contributed by atoms with E-state index in [0.29, 0.717) is 0 Å². The van der Waals surface area contributed by atoms with Gasteiger partial charge in [0, 0.05) is 31.7 Å². The Morgan fingerprint density at radius 2 is 1.07 bits per heavy atom. The van der Waals surface area contributed by atoms with Crippen LogP contribution in [0.4, 0.5) is 0 Å². The van der Waals surface area contributed by atoms with Crippen LogP contribution in [-0.2, 0) is 62.1 Å². The summed E-state index contributed by atoms with van der Waals surface area (Å²) in [5.74, 6) is -11.2. The Labute approximate surface area is 399 Å². The molecule has 0 saturated carbocycles. The number of carboxylic acid groups (broad SMARTS) is 1. The lowest BCUT2D eigenvalue weighted by atomic mass is 9.86. The average molecular weight is 950 g/mol. The van der Waals surface area contributed by atoms with Crippen LogP contribution in [0.1, 0.15) is 139 Å². The van der Waals surface area contributed by atoms with Crippen LogP contribution in [0.2, 0.25) is 0 Å². The zero-order valence-corrected chi connectivity index (χ0v) is 41.8. The number of carbonyl (C=O) groups is 9. The van der Waals surface area contributed by atoms with E-state index < -0.39 is 132 Å². The van der Waals surface area contributed by atoms with E-state index in [0.717, 1.165) is 27.2 Å². The molecule has 3 amide bonds. The van der Waals surface area contributed by atoms with E-state index in [4.69, 9.17) is 18.9 Å². The number of nitrogens with one attached hydrogen (secondary N) is 2. The second kappa shape index (κ2) is 23.7. The highest BCUT2D eigenvalue weighted by Crippen LogP contribution is 2.44. The van der Waals surface area contributed by atoms with E-state index >= 15 is 0 Å². The molecule has 0 aromatic heterocycles. The summed E-state index contributed by atoms with van der Waals surface area (Å²) in [5, 5.41) is 14.8. The molecule has 0 saturated heterocycles. The maximum Gasteiger partial charge on any atom is 0.326 e. The van der Waals surface area contributed by atoms with Crippen LogP contribution < -0.4 is 10.6 Å². The Morgan fingerprint density at radius 3 is 1.56 bits per heavy atom. The monoisotopic (exact) mass is 949 g/mol. The standard InChI is InChI=1S/C51H71N3O14/c1-29(2)36(46(61)53-39(27-44(59)68-51(10,11)12)47(62)54(13)30(3)48(63)64)26-40(55)38(22-23-41(56)66-49(4,5)6)52-45(60)31(25-43(58)67-50(7,8)9)24-42(57)65-28-37-34-20-16-14-18-32(34)33-19-15-17-21-35(33)37/h14-21,29-31,36-39H,22-28H2,1-13H3,(H,52,60)(H,53,61)(H,63,64)/t30-,31+,36-,38-,39+/m0/s1. The van der Waals surface area contributed by atoms with E-state index in [1.165, 1.54) is 14.0 Å². The van der Waals surface area contributed by atoms with Gasteiger partial charge in [-0.1, -0.05) is 62.4 Å². The lowest BCUT2D eigenvalue weighted by molar-refractivity contribution is -0.159. The van der Waals surface area contributed by atoms with Crippen molar-refractivity contribution < 1.29 is 67.2 Å². The van der Waals surface area contributed by atoms with Crippen molar-refractivity contribution in [2.24, 2.45) is 17.8 Å². The Kier molecular flexibility index (Phi) is 19.6. The quantitative estimate of drug-likeness (QED) is 0.0898. The molecule has 68 heavy (non-hydrogen) atoms. The van der Waals surface area contributed by atoms with Gasteiger partial charge in [0.05, 0.1) is 31.2 Å². The van der Waals surface area contributed by atoms with Gasteiger partial charge in [0.25, 0.3) is 0 Å². The van der Waals surface area contributed by atoms with Crippen molar-refractivity contribution in [1.29, 1.82) is 0 Å². The van der Waals surface area contributed by atoms with Crippen LogP contribution in [-0.4, -0.2) is 112 Å². The topological polar surface area (TPSA) is 238 Å². The first-order valence-electron chi connectivity index (χ1n) is 23.0. The zero-order valence-electron chi connectivity index (χ0n) is 41.8. The molecule has 0 spiro atoms. The van der Waals surface area contributed by atoms with Crippen LogP contribution in [0.15, 0.2) is 48.5 Å². The van der Waals surface area contributed by atoms with Gasteiger partial charge in [-0.25, -0.2) is 4.79 Å². The summed E-state index contributed by atoms with van der Waals surface area (Å²) in [4.78, 5) is 122. The number of esters is 4. The molecule has 0 bridgehead atoms. The van der Waals surface area contributed by atoms with Crippen molar-refractivity contribution in [3.8, 4) is 11.1 Å². The van der Waals surface area contributed by atoms with E-state index in [1.807, 2.05) is 48.5 Å². The second-order valence-corrected chi connectivity index (χ2v) is 20.6. The van der Waals surface area contributed by atoms with Crippen molar-refractivity contribution in [2.75, 3.05) is 13.7 Å². The summed E-state index contributed by atoms with van der Waals surface area (Å²) in [6.07, 6.45) is -2.99. The molecule has 2 aromatic carbocycles. The van der Waals surface area contributed by atoms with Crippen LogP contribution in [0.5, 0.6) is 0 Å². The minimum atomic E-state index is -1.59. The number of fused-ring (bicyclic) bond motifs is 3. The summed E-state index contributed by atoms with van der Waals surface area (Å²) in [5.41, 5.74) is 1.17. The minimum Gasteiger partial charge on any atom is -0.480 e. The molecule has 374 valence electrons. The minimum absolute atomic E-state index is 0.0532. The van der Waals surface area contributed by atoms with Gasteiger partial charge in [0.2, 0.25) is 17.7 Å². The Balaban J connectivity index is 1.93. The van der Waals surface area contributed by atoms with Gasteiger partial charge in [-0.05, 0) is 104 Å². The fourth-order valence-electron chi connectivity index (χ4n) is 7.60. The van der Waals surface area contributed by atoms with Crippen molar-refractivity contribution in [3.05, 3.63) is 59.7 Å². The molecule has 5 atom stereocenters. The third-order valence-corrected chi connectivity index (χ3v) is 11.0. The van der Waals surface area contributed by atoms with E-state index in [2.05, 4.69) is 10.6 Å². The molecule has 3 rings (SSSR count).